The highest BCUT2D eigenvalue weighted by atomic mass is 15.4. The van der Waals surface area contributed by atoms with Gasteiger partial charge in [-0.3, -0.25) is 4.90 Å². The van der Waals surface area contributed by atoms with E-state index >= 15 is 0 Å². The molecule has 0 amide bonds. The zero-order valence-electron chi connectivity index (χ0n) is 9.39. The topological polar surface area (TPSA) is 3.01 Å². The number of rotatable bonds is 2. The van der Waals surface area contributed by atoms with E-state index in [0.717, 1.165) is 12.1 Å². The van der Waals surface area contributed by atoms with Crippen LogP contribution in [0, 0.1) is 0 Å². The van der Waals surface area contributed by atoms with E-state index in [1.54, 1.807) is 0 Å². The van der Waals surface area contributed by atoms with Crippen molar-refractivity contribution in [3.05, 3.63) is 35.9 Å². The quantitative estimate of drug-likeness (QED) is 0.663. The number of benzene rings is 1. The largest absolute Gasteiger partial charge is 0.288 e. The summed E-state index contributed by atoms with van der Waals surface area (Å²) in [6.45, 7) is 2.35. The fourth-order valence-corrected chi connectivity index (χ4v) is 3.22. The molecule has 2 fully saturated rings. The Kier molecular flexibility index (Phi) is 2.28. The van der Waals surface area contributed by atoms with Gasteiger partial charge < -0.3 is 0 Å². The molecule has 0 spiro atoms. The summed E-state index contributed by atoms with van der Waals surface area (Å²) < 4.78 is 0. The van der Waals surface area contributed by atoms with Gasteiger partial charge in [-0.1, -0.05) is 43.2 Å². The maximum Gasteiger partial charge on any atom is 0.0327 e. The average molecular weight is 201 g/mol. The number of hydrogen-bond acceptors (Lipinski definition) is 1. The van der Waals surface area contributed by atoms with Crippen LogP contribution in [0.1, 0.15) is 44.2 Å². The highest BCUT2D eigenvalue weighted by Gasteiger charge is 2.50. The summed E-state index contributed by atoms with van der Waals surface area (Å²) >= 11 is 0. The standard InChI is InChI=1S/C14H19N/c1-11(12-7-3-2-4-8-12)15-13-9-5-6-10-14(13)15/h2-4,7-8,11,13-14H,5-6,9-10H2,1H3/t11-,13-,14+,15?/m1/s1. The minimum absolute atomic E-state index is 0.624. The van der Waals surface area contributed by atoms with Gasteiger partial charge >= 0.3 is 0 Å². The van der Waals surface area contributed by atoms with E-state index in [9.17, 15) is 0 Å². The van der Waals surface area contributed by atoms with Crippen LogP contribution in [0.2, 0.25) is 0 Å². The fraction of sp³-hybridized carbons (Fsp3) is 0.571. The van der Waals surface area contributed by atoms with Gasteiger partial charge in [0.1, 0.15) is 0 Å². The van der Waals surface area contributed by atoms with Crippen molar-refractivity contribution < 1.29 is 0 Å². The van der Waals surface area contributed by atoms with Gasteiger partial charge in [0.2, 0.25) is 0 Å². The molecule has 1 heterocycles. The minimum Gasteiger partial charge on any atom is -0.288 e. The van der Waals surface area contributed by atoms with Gasteiger partial charge in [-0.15, -0.1) is 0 Å². The Morgan fingerprint density at radius 2 is 1.67 bits per heavy atom. The number of fused-ring (bicyclic) bond motifs is 1. The van der Waals surface area contributed by atoms with Crippen molar-refractivity contribution in [3.63, 3.8) is 0 Å². The van der Waals surface area contributed by atoms with E-state index in [-0.39, 0.29) is 0 Å². The molecule has 0 aromatic heterocycles. The first-order valence-electron chi connectivity index (χ1n) is 6.20. The van der Waals surface area contributed by atoms with Crippen molar-refractivity contribution in [1.82, 2.24) is 4.90 Å². The summed E-state index contributed by atoms with van der Waals surface area (Å²) in [6.07, 6.45) is 5.75. The van der Waals surface area contributed by atoms with Gasteiger partial charge in [0.05, 0.1) is 0 Å². The molecule has 0 bridgehead atoms. The van der Waals surface area contributed by atoms with Crippen molar-refractivity contribution in [3.8, 4) is 0 Å². The van der Waals surface area contributed by atoms with Crippen LogP contribution >= 0.6 is 0 Å². The van der Waals surface area contributed by atoms with Crippen LogP contribution in [0.3, 0.4) is 0 Å². The molecule has 1 aliphatic carbocycles. The Balaban J connectivity index is 1.74. The van der Waals surface area contributed by atoms with Gasteiger partial charge in [0, 0.05) is 18.1 Å². The molecule has 15 heavy (non-hydrogen) atoms. The van der Waals surface area contributed by atoms with Crippen molar-refractivity contribution in [2.75, 3.05) is 0 Å². The lowest BCUT2D eigenvalue weighted by Gasteiger charge is -2.14. The van der Waals surface area contributed by atoms with Crippen molar-refractivity contribution in [1.29, 1.82) is 0 Å². The van der Waals surface area contributed by atoms with Crippen LogP contribution in [0.5, 0.6) is 0 Å². The smallest absolute Gasteiger partial charge is 0.0327 e. The zero-order valence-corrected chi connectivity index (χ0v) is 9.39. The van der Waals surface area contributed by atoms with Crippen molar-refractivity contribution in [2.24, 2.45) is 0 Å². The molecule has 4 atom stereocenters. The van der Waals surface area contributed by atoms with E-state index < -0.39 is 0 Å². The van der Waals surface area contributed by atoms with E-state index in [0.29, 0.717) is 6.04 Å². The molecule has 0 radical (unpaired) electrons. The maximum absolute atomic E-state index is 2.71. The van der Waals surface area contributed by atoms with Gasteiger partial charge in [-0.25, -0.2) is 0 Å². The molecule has 0 N–H and O–H groups in total. The molecule has 1 aromatic rings. The number of likely N-dealkylation sites (tertiary alicyclic amines) is 1. The highest BCUT2D eigenvalue weighted by Crippen LogP contribution is 2.46. The molecule has 1 aliphatic heterocycles. The SMILES string of the molecule is C[C@H](c1ccccc1)N1[C@@H]2CCCC[C@@H]21. The van der Waals surface area contributed by atoms with Crippen molar-refractivity contribution >= 4 is 0 Å². The molecule has 1 unspecified atom stereocenters. The molecular formula is C14H19N. The first-order chi connectivity index (χ1) is 7.38. The van der Waals surface area contributed by atoms with Gasteiger partial charge in [0.25, 0.3) is 0 Å². The summed E-state index contributed by atoms with van der Waals surface area (Å²) in [7, 11) is 0. The van der Waals surface area contributed by atoms with Crippen LogP contribution in [-0.4, -0.2) is 17.0 Å². The minimum atomic E-state index is 0.624. The first-order valence-corrected chi connectivity index (χ1v) is 6.20. The van der Waals surface area contributed by atoms with E-state index in [2.05, 4.69) is 42.2 Å². The lowest BCUT2D eigenvalue weighted by Crippen LogP contribution is -2.08. The van der Waals surface area contributed by atoms with E-state index in [1.165, 1.54) is 31.2 Å². The highest BCUT2D eigenvalue weighted by molar-refractivity contribution is 5.22. The molecular weight excluding hydrogens is 182 g/mol. The second-order valence-corrected chi connectivity index (χ2v) is 4.95. The van der Waals surface area contributed by atoms with E-state index in [4.69, 9.17) is 0 Å². The molecule has 3 rings (SSSR count). The third kappa shape index (κ3) is 1.59. The Morgan fingerprint density at radius 1 is 1.07 bits per heavy atom. The normalized spacial score (nSPS) is 35.7. The second-order valence-electron chi connectivity index (χ2n) is 4.95. The number of hydrogen-bond donors (Lipinski definition) is 0. The third-order valence-corrected chi connectivity index (χ3v) is 4.10. The predicted molar refractivity (Wildman–Crippen MR) is 62.7 cm³/mol. The van der Waals surface area contributed by atoms with Crippen LogP contribution < -0.4 is 0 Å². The summed E-state index contributed by atoms with van der Waals surface area (Å²) in [6, 6.07) is 13.4. The molecule has 1 heteroatoms. The molecule has 1 nitrogen and oxygen atoms in total. The fourth-order valence-electron chi connectivity index (χ4n) is 3.22. The Bertz CT molecular complexity index is 320. The number of nitrogens with zero attached hydrogens (tertiary/aromatic N) is 1. The lowest BCUT2D eigenvalue weighted by molar-refractivity contribution is 0.383. The van der Waals surface area contributed by atoms with Crippen molar-refractivity contribution in [2.45, 2.75) is 50.7 Å². The van der Waals surface area contributed by atoms with Crippen LogP contribution in [-0.2, 0) is 0 Å². The van der Waals surface area contributed by atoms with E-state index in [1.807, 2.05) is 0 Å². The molecule has 1 aromatic carbocycles. The monoisotopic (exact) mass is 201 g/mol. The first kappa shape index (κ1) is 9.41. The van der Waals surface area contributed by atoms with Crippen LogP contribution in [0.4, 0.5) is 0 Å². The maximum atomic E-state index is 2.71. The average Bonchev–Trinajstić information content (AvgIpc) is 3.03. The summed E-state index contributed by atoms with van der Waals surface area (Å²) in [4.78, 5) is 2.71. The summed E-state index contributed by atoms with van der Waals surface area (Å²) in [5, 5.41) is 0. The second kappa shape index (κ2) is 3.64. The van der Waals surface area contributed by atoms with Gasteiger partial charge in [0.15, 0.2) is 0 Å². The summed E-state index contributed by atoms with van der Waals surface area (Å²) in [5.41, 5.74) is 1.48. The van der Waals surface area contributed by atoms with Gasteiger partial charge in [-0.2, -0.15) is 0 Å². The Labute approximate surface area is 92.1 Å². The molecule has 1 saturated heterocycles. The summed E-state index contributed by atoms with van der Waals surface area (Å²) in [5.74, 6) is 0. The molecule has 1 saturated carbocycles. The van der Waals surface area contributed by atoms with Crippen LogP contribution in [0.15, 0.2) is 30.3 Å². The molecule has 2 aliphatic rings. The Hall–Kier alpha value is -0.820. The lowest BCUT2D eigenvalue weighted by atomic mass is 10.0. The van der Waals surface area contributed by atoms with Gasteiger partial charge in [-0.05, 0) is 25.3 Å². The Morgan fingerprint density at radius 3 is 2.27 bits per heavy atom. The third-order valence-electron chi connectivity index (χ3n) is 4.10. The zero-order chi connectivity index (χ0) is 10.3. The molecule has 80 valence electrons. The predicted octanol–water partition coefficient (Wildman–Crippen LogP) is 3.37. The van der Waals surface area contributed by atoms with Crippen LogP contribution in [0.25, 0.3) is 0 Å².